The average Bonchev–Trinajstić information content (AvgIpc) is 2.81. The minimum Gasteiger partial charge on any atom is -0.478 e. The molecular weight excluding hydrogens is 216 g/mol. The summed E-state index contributed by atoms with van der Waals surface area (Å²) >= 11 is 0. The number of pyridine rings is 1. The standard InChI is InChI=1S/C13H18N2O2/c1-2-10-7-9(13(16)17)8-12(14-10)15-11-5-3-4-6-11/h7-8,11H,2-6H2,1H3,(H,14,15)(H,16,17). The molecule has 1 aliphatic rings. The monoisotopic (exact) mass is 234 g/mol. The molecule has 4 nitrogen and oxygen atoms in total. The molecule has 0 atom stereocenters. The Hall–Kier alpha value is -1.58. The van der Waals surface area contributed by atoms with Crippen LogP contribution in [0.3, 0.4) is 0 Å². The Balaban J connectivity index is 2.19. The van der Waals surface area contributed by atoms with Crippen LogP contribution in [-0.2, 0) is 6.42 Å². The summed E-state index contributed by atoms with van der Waals surface area (Å²) < 4.78 is 0. The van der Waals surface area contributed by atoms with E-state index in [0.717, 1.165) is 25.0 Å². The van der Waals surface area contributed by atoms with E-state index in [9.17, 15) is 4.79 Å². The molecule has 92 valence electrons. The highest BCUT2D eigenvalue weighted by Gasteiger charge is 2.16. The zero-order valence-electron chi connectivity index (χ0n) is 10.1. The van der Waals surface area contributed by atoms with Crippen LogP contribution in [-0.4, -0.2) is 22.1 Å². The van der Waals surface area contributed by atoms with Crippen molar-refractivity contribution in [1.82, 2.24) is 4.98 Å². The number of carboxylic acid groups (broad SMARTS) is 1. The Morgan fingerprint density at radius 3 is 2.76 bits per heavy atom. The van der Waals surface area contributed by atoms with Gasteiger partial charge in [0.1, 0.15) is 5.82 Å². The van der Waals surface area contributed by atoms with E-state index in [1.54, 1.807) is 12.1 Å². The first kappa shape index (κ1) is 11.9. The Bertz CT molecular complexity index is 412. The van der Waals surface area contributed by atoms with E-state index < -0.39 is 5.97 Å². The summed E-state index contributed by atoms with van der Waals surface area (Å²) in [5, 5.41) is 12.4. The fourth-order valence-electron chi connectivity index (χ4n) is 2.25. The predicted molar refractivity (Wildman–Crippen MR) is 66.5 cm³/mol. The zero-order valence-corrected chi connectivity index (χ0v) is 10.1. The van der Waals surface area contributed by atoms with Crippen molar-refractivity contribution in [2.75, 3.05) is 5.32 Å². The molecule has 1 aromatic heterocycles. The number of aromatic carboxylic acids is 1. The van der Waals surface area contributed by atoms with Crippen LogP contribution in [0.15, 0.2) is 12.1 Å². The number of hydrogen-bond acceptors (Lipinski definition) is 3. The zero-order chi connectivity index (χ0) is 12.3. The molecule has 17 heavy (non-hydrogen) atoms. The Morgan fingerprint density at radius 2 is 2.18 bits per heavy atom. The fourth-order valence-corrected chi connectivity index (χ4v) is 2.25. The summed E-state index contributed by atoms with van der Waals surface area (Å²) in [6.07, 6.45) is 5.55. The minimum atomic E-state index is -0.892. The van der Waals surface area contributed by atoms with Gasteiger partial charge in [-0.3, -0.25) is 0 Å². The summed E-state index contributed by atoms with van der Waals surface area (Å²) in [5.41, 5.74) is 1.14. The van der Waals surface area contributed by atoms with Gasteiger partial charge in [-0.05, 0) is 31.4 Å². The van der Waals surface area contributed by atoms with Crippen molar-refractivity contribution in [2.24, 2.45) is 0 Å². The highest BCUT2D eigenvalue weighted by Crippen LogP contribution is 2.22. The molecule has 1 saturated carbocycles. The van der Waals surface area contributed by atoms with Crippen molar-refractivity contribution >= 4 is 11.8 Å². The van der Waals surface area contributed by atoms with Crippen molar-refractivity contribution < 1.29 is 9.90 Å². The molecule has 2 N–H and O–H groups in total. The number of carbonyl (C=O) groups is 1. The molecule has 1 fully saturated rings. The van der Waals surface area contributed by atoms with Crippen LogP contribution < -0.4 is 5.32 Å². The fraction of sp³-hybridized carbons (Fsp3) is 0.538. The van der Waals surface area contributed by atoms with Crippen LogP contribution >= 0.6 is 0 Å². The number of aromatic nitrogens is 1. The first-order valence-electron chi connectivity index (χ1n) is 6.20. The Labute approximate surface area is 101 Å². The second-order valence-electron chi connectivity index (χ2n) is 4.52. The molecule has 1 heterocycles. The highest BCUT2D eigenvalue weighted by atomic mass is 16.4. The van der Waals surface area contributed by atoms with Crippen LogP contribution in [0.1, 0.15) is 48.7 Å². The van der Waals surface area contributed by atoms with E-state index in [2.05, 4.69) is 10.3 Å². The molecule has 2 rings (SSSR count). The quantitative estimate of drug-likeness (QED) is 0.840. The lowest BCUT2D eigenvalue weighted by Crippen LogP contribution is -2.16. The van der Waals surface area contributed by atoms with Gasteiger partial charge in [-0.2, -0.15) is 0 Å². The minimum absolute atomic E-state index is 0.317. The van der Waals surface area contributed by atoms with Crippen LogP contribution in [0.2, 0.25) is 0 Å². The Kier molecular flexibility index (Phi) is 3.61. The SMILES string of the molecule is CCc1cc(C(=O)O)cc(NC2CCCC2)n1. The molecular formula is C13H18N2O2. The van der Waals surface area contributed by atoms with E-state index in [1.807, 2.05) is 6.92 Å². The number of anilines is 1. The molecule has 0 aliphatic heterocycles. The van der Waals surface area contributed by atoms with Gasteiger partial charge >= 0.3 is 5.97 Å². The number of nitrogens with zero attached hydrogens (tertiary/aromatic N) is 1. The maximum absolute atomic E-state index is 11.0. The molecule has 0 amide bonds. The van der Waals surface area contributed by atoms with E-state index in [1.165, 1.54) is 12.8 Å². The molecule has 0 spiro atoms. The average molecular weight is 234 g/mol. The molecule has 0 saturated heterocycles. The van der Waals surface area contributed by atoms with Crippen LogP contribution in [0, 0.1) is 0 Å². The van der Waals surface area contributed by atoms with Gasteiger partial charge in [0.15, 0.2) is 0 Å². The molecule has 0 unspecified atom stereocenters. The summed E-state index contributed by atoms with van der Waals surface area (Å²) in [5.74, 6) is -0.190. The number of nitrogens with one attached hydrogen (secondary N) is 1. The Morgan fingerprint density at radius 1 is 1.47 bits per heavy atom. The smallest absolute Gasteiger partial charge is 0.335 e. The van der Waals surface area contributed by atoms with Gasteiger partial charge in [-0.25, -0.2) is 9.78 Å². The molecule has 0 radical (unpaired) electrons. The molecule has 4 heteroatoms. The van der Waals surface area contributed by atoms with Gasteiger partial charge in [0.2, 0.25) is 0 Å². The summed E-state index contributed by atoms with van der Waals surface area (Å²) in [6.45, 7) is 1.98. The third-order valence-electron chi connectivity index (χ3n) is 3.19. The lowest BCUT2D eigenvalue weighted by Gasteiger charge is -2.14. The van der Waals surface area contributed by atoms with Crippen LogP contribution in [0.4, 0.5) is 5.82 Å². The first-order chi connectivity index (χ1) is 8.19. The van der Waals surface area contributed by atoms with E-state index in [4.69, 9.17) is 5.11 Å². The maximum Gasteiger partial charge on any atom is 0.335 e. The van der Waals surface area contributed by atoms with Crippen molar-refractivity contribution in [1.29, 1.82) is 0 Å². The van der Waals surface area contributed by atoms with Gasteiger partial charge in [-0.15, -0.1) is 0 Å². The van der Waals surface area contributed by atoms with Crippen LogP contribution in [0.25, 0.3) is 0 Å². The van der Waals surface area contributed by atoms with Gasteiger partial charge in [0.05, 0.1) is 5.56 Å². The highest BCUT2D eigenvalue weighted by molar-refractivity contribution is 5.88. The van der Waals surface area contributed by atoms with E-state index >= 15 is 0 Å². The second kappa shape index (κ2) is 5.17. The van der Waals surface area contributed by atoms with E-state index in [-0.39, 0.29) is 0 Å². The second-order valence-corrected chi connectivity index (χ2v) is 4.52. The van der Waals surface area contributed by atoms with E-state index in [0.29, 0.717) is 17.4 Å². The largest absolute Gasteiger partial charge is 0.478 e. The summed E-state index contributed by atoms with van der Waals surface area (Å²) in [4.78, 5) is 15.4. The molecule has 0 bridgehead atoms. The summed E-state index contributed by atoms with van der Waals surface area (Å²) in [7, 11) is 0. The lowest BCUT2D eigenvalue weighted by atomic mass is 10.2. The van der Waals surface area contributed by atoms with Crippen LogP contribution in [0.5, 0.6) is 0 Å². The van der Waals surface area contributed by atoms with Crippen molar-refractivity contribution in [2.45, 2.75) is 45.1 Å². The number of hydrogen-bond donors (Lipinski definition) is 2. The number of aryl methyl sites for hydroxylation is 1. The molecule has 1 aromatic rings. The third kappa shape index (κ3) is 2.96. The first-order valence-corrected chi connectivity index (χ1v) is 6.20. The van der Waals surface area contributed by atoms with Gasteiger partial charge < -0.3 is 10.4 Å². The lowest BCUT2D eigenvalue weighted by molar-refractivity contribution is 0.0696. The van der Waals surface area contributed by atoms with Gasteiger partial charge in [0.25, 0.3) is 0 Å². The molecule has 0 aromatic carbocycles. The normalized spacial score (nSPS) is 16.1. The predicted octanol–water partition coefficient (Wildman–Crippen LogP) is 2.70. The maximum atomic E-state index is 11.0. The van der Waals surface area contributed by atoms with Gasteiger partial charge in [0, 0.05) is 11.7 Å². The topological polar surface area (TPSA) is 62.2 Å². The van der Waals surface area contributed by atoms with Crippen molar-refractivity contribution in [3.8, 4) is 0 Å². The van der Waals surface area contributed by atoms with Crippen molar-refractivity contribution in [3.05, 3.63) is 23.4 Å². The van der Waals surface area contributed by atoms with Gasteiger partial charge in [-0.1, -0.05) is 19.8 Å². The molecule has 1 aliphatic carbocycles. The van der Waals surface area contributed by atoms with Crippen molar-refractivity contribution in [3.63, 3.8) is 0 Å². The third-order valence-corrected chi connectivity index (χ3v) is 3.19. The number of carboxylic acids is 1. The summed E-state index contributed by atoms with van der Waals surface area (Å²) in [6, 6.07) is 3.72. The number of rotatable bonds is 4.